The molecule has 4 rings (SSSR count). The highest BCUT2D eigenvalue weighted by molar-refractivity contribution is 7.11. The van der Waals surface area contributed by atoms with E-state index in [4.69, 9.17) is 9.72 Å². The number of aryl methyl sites for hydroxylation is 2. The fourth-order valence-electron chi connectivity index (χ4n) is 3.88. The minimum Gasteiger partial charge on any atom is -0.488 e. The third-order valence-corrected chi connectivity index (χ3v) is 7.12. The number of rotatable bonds is 7. The number of hydrogen-bond acceptors (Lipinski definition) is 7. The van der Waals surface area contributed by atoms with Crippen molar-refractivity contribution >= 4 is 11.3 Å². The van der Waals surface area contributed by atoms with E-state index in [1.165, 1.54) is 0 Å². The number of aromatic nitrogens is 3. The van der Waals surface area contributed by atoms with Crippen LogP contribution in [0.15, 0.2) is 42.7 Å². The van der Waals surface area contributed by atoms with Crippen LogP contribution in [0.5, 0.6) is 5.75 Å². The molecule has 3 aromatic rings. The lowest BCUT2D eigenvalue weighted by Crippen LogP contribution is -2.29. The van der Waals surface area contributed by atoms with Crippen LogP contribution in [0.3, 0.4) is 0 Å². The Kier molecular flexibility index (Phi) is 6.95. The molecule has 7 heteroatoms. The van der Waals surface area contributed by atoms with Crippen LogP contribution in [0, 0.1) is 6.92 Å². The molecule has 31 heavy (non-hydrogen) atoms. The fraction of sp³-hybridized carbons (Fsp3) is 0.458. The highest BCUT2D eigenvalue weighted by Gasteiger charge is 2.35. The Hall–Kier alpha value is -2.35. The summed E-state index contributed by atoms with van der Waals surface area (Å²) < 4.78 is 5.90. The zero-order valence-corrected chi connectivity index (χ0v) is 19.1. The first kappa shape index (κ1) is 21.9. The molecular weight excluding hydrogens is 408 g/mol. The number of hydrogen-bond donors (Lipinski definition) is 1. The van der Waals surface area contributed by atoms with E-state index in [1.54, 1.807) is 11.3 Å². The lowest BCUT2D eigenvalue weighted by molar-refractivity contribution is 0.0207. The summed E-state index contributed by atoms with van der Waals surface area (Å²) in [6, 6.07) is 9.80. The Morgan fingerprint density at radius 2 is 1.90 bits per heavy atom. The van der Waals surface area contributed by atoms with Crippen molar-refractivity contribution in [3.8, 4) is 5.75 Å². The monoisotopic (exact) mass is 438 g/mol. The molecule has 3 heterocycles. The molecule has 1 aliphatic heterocycles. The zero-order valence-electron chi connectivity index (χ0n) is 18.3. The quantitative estimate of drug-likeness (QED) is 0.594. The van der Waals surface area contributed by atoms with Gasteiger partial charge in [-0.25, -0.2) is 15.0 Å². The van der Waals surface area contributed by atoms with Gasteiger partial charge in [-0.15, -0.1) is 11.3 Å². The molecule has 1 aromatic carbocycles. The molecule has 0 bridgehead atoms. The van der Waals surface area contributed by atoms with Crippen molar-refractivity contribution in [2.75, 3.05) is 13.1 Å². The van der Waals surface area contributed by atoms with Crippen LogP contribution in [0.2, 0.25) is 0 Å². The smallest absolute Gasteiger partial charge is 0.127 e. The average molecular weight is 439 g/mol. The minimum atomic E-state index is -0.877. The maximum absolute atomic E-state index is 11.5. The number of nitrogens with zero attached hydrogens (tertiary/aromatic N) is 4. The number of likely N-dealkylation sites (tertiary alicyclic amines) is 1. The summed E-state index contributed by atoms with van der Waals surface area (Å²) in [4.78, 5) is 17.0. The van der Waals surface area contributed by atoms with Gasteiger partial charge in [0, 0.05) is 37.5 Å². The van der Waals surface area contributed by atoms with E-state index in [1.807, 2.05) is 49.6 Å². The van der Waals surface area contributed by atoms with Crippen LogP contribution in [0.4, 0.5) is 0 Å². The van der Waals surface area contributed by atoms with Gasteiger partial charge in [0.15, 0.2) is 0 Å². The summed E-state index contributed by atoms with van der Waals surface area (Å²) >= 11 is 1.58. The molecule has 0 amide bonds. The van der Waals surface area contributed by atoms with Crippen LogP contribution < -0.4 is 4.74 Å². The van der Waals surface area contributed by atoms with Crippen LogP contribution in [0.1, 0.15) is 53.2 Å². The fourth-order valence-corrected chi connectivity index (χ4v) is 5.00. The van der Waals surface area contributed by atoms with Gasteiger partial charge < -0.3 is 9.84 Å². The summed E-state index contributed by atoms with van der Waals surface area (Å²) in [5.41, 5.74) is 1.18. The van der Waals surface area contributed by atoms with E-state index in [-0.39, 0.29) is 0 Å². The van der Waals surface area contributed by atoms with E-state index >= 15 is 0 Å². The predicted octanol–water partition coefficient (Wildman–Crippen LogP) is 4.26. The molecule has 0 spiro atoms. The van der Waals surface area contributed by atoms with Crippen LogP contribution in [0.25, 0.3) is 0 Å². The molecule has 1 saturated heterocycles. The maximum atomic E-state index is 11.5. The molecule has 0 radical (unpaired) electrons. The molecule has 6 nitrogen and oxygen atoms in total. The van der Waals surface area contributed by atoms with Gasteiger partial charge in [0.1, 0.15) is 28.8 Å². The number of para-hydroxylation sites is 1. The van der Waals surface area contributed by atoms with Gasteiger partial charge in [-0.2, -0.15) is 0 Å². The Morgan fingerprint density at radius 1 is 1.13 bits per heavy atom. The second-order valence-corrected chi connectivity index (χ2v) is 9.24. The van der Waals surface area contributed by atoms with Crippen molar-refractivity contribution in [1.29, 1.82) is 0 Å². The van der Waals surface area contributed by atoms with Crippen molar-refractivity contribution in [2.45, 2.75) is 58.3 Å². The molecule has 1 aliphatic rings. The predicted molar refractivity (Wildman–Crippen MR) is 122 cm³/mol. The molecular formula is C24H30N4O2S. The normalized spacial score (nSPS) is 19.8. The molecule has 1 N–H and O–H groups in total. The largest absolute Gasteiger partial charge is 0.488 e. The van der Waals surface area contributed by atoms with Gasteiger partial charge in [-0.05, 0) is 44.9 Å². The van der Waals surface area contributed by atoms with Crippen molar-refractivity contribution in [3.63, 3.8) is 0 Å². The molecule has 0 unspecified atom stereocenters. The number of aliphatic hydroxyl groups is 1. The van der Waals surface area contributed by atoms with Crippen LogP contribution in [-0.4, -0.2) is 38.0 Å². The number of benzene rings is 1. The summed E-state index contributed by atoms with van der Waals surface area (Å²) in [5.74, 6) is 1.72. The van der Waals surface area contributed by atoms with Crippen LogP contribution >= 0.6 is 11.3 Å². The lowest BCUT2D eigenvalue weighted by atomic mass is 9.96. The standard InChI is InChI=1S/C24H30N4O2S/c1-3-22-25-14-19(15-26-22)16-28-12-7-10-24(29,11-13-28)23-27-18(2)21(31-23)17-30-20-8-5-4-6-9-20/h4-6,8-9,14-15,29H,3,7,10-13,16-17H2,1-2H3/t24-/m1/s1. The molecule has 0 aliphatic carbocycles. The minimum absolute atomic E-state index is 0.476. The van der Waals surface area contributed by atoms with Gasteiger partial charge >= 0.3 is 0 Å². The Bertz CT molecular complexity index is 977. The molecule has 164 valence electrons. The van der Waals surface area contributed by atoms with E-state index in [0.29, 0.717) is 13.0 Å². The summed E-state index contributed by atoms with van der Waals surface area (Å²) in [7, 11) is 0. The van der Waals surface area contributed by atoms with Gasteiger partial charge in [-0.3, -0.25) is 4.90 Å². The van der Waals surface area contributed by atoms with E-state index in [2.05, 4.69) is 21.8 Å². The molecule has 2 aromatic heterocycles. The summed E-state index contributed by atoms with van der Waals surface area (Å²) in [6.45, 7) is 7.11. The average Bonchev–Trinajstić information content (AvgIpc) is 3.07. The van der Waals surface area contributed by atoms with Crippen molar-refractivity contribution in [1.82, 2.24) is 19.9 Å². The van der Waals surface area contributed by atoms with E-state index in [9.17, 15) is 5.11 Å². The van der Waals surface area contributed by atoms with Crippen molar-refractivity contribution in [3.05, 3.63) is 69.7 Å². The summed E-state index contributed by atoms with van der Waals surface area (Å²) in [5, 5.41) is 12.3. The van der Waals surface area contributed by atoms with Crippen molar-refractivity contribution < 1.29 is 9.84 Å². The van der Waals surface area contributed by atoms with E-state index in [0.717, 1.165) is 71.6 Å². The Labute approximate surface area is 188 Å². The van der Waals surface area contributed by atoms with Gasteiger partial charge in [-0.1, -0.05) is 25.1 Å². The highest BCUT2D eigenvalue weighted by Crippen LogP contribution is 2.37. The Balaban J connectivity index is 1.39. The third kappa shape index (κ3) is 5.47. The zero-order chi connectivity index (χ0) is 21.7. The molecule has 1 atom stereocenters. The van der Waals surface area contributed by atoms with Crippen LogP contribution in [-0.2, 0) is 25.2 Å². The van der Waals surface area contributed by atoms with Gasteiger partial charge in [0.25, 0.3) is 0 Å². The lowest BCUT2D eigenvalue weighted by Gasteiger charge is -2.24. The first-order chi connectivity index (χ1) is 15.1. The van der Waals surface area contributed by atoms with Gasteiger partial charge in [0.2, 0.25) is 0 Å². The summed E-state index contributed by atoms with van der Waals surface area (Å²) in [6.07, 6.45) is 7.02. The first-order valence-corrected chi connectivity index (χ1v) is 11.8. The maximum Gasteiger partial charge on any atom is 0.127 e. The number of thiazole rings is 1. The van der Waals surface area contributed by atoms with Crippen molar-refractivity contribution in [2.24, 2.45) is 0 Å². The number of ether oxygens (including phenoxy) is 1. The van der Waals surface area contributed by atoms with Gasteiger partial charge in [0.05, 0.1) is 10.6 Å². The Morgan fingerprint density at radius 3 is 2.65 bits per heavy atom. The second-order valence-electron chi connectivity index (χ2n) is 8.15. The first-order valence-electron chi connectivity index (χ1n) is 10.9. The molecule has 0 saturated carbocycles. The second kappa shape index (κ2) is 9.85. The topological polar surface area (TPSA) is 71.4 Å². The van der Waals surface area contributed by atoms with E-state index < -0.39 is 5.60 Å². The SMILES string of the molecule is CCc1ncc(CN2CCC[C@](O)(c3nc(C)c(COc4ccccc4)s3)CC2)cn1. The highest BCUT2D eigenvalue weighted by atomic mass is 32.1. The third-order valence-electron chi connectivity index (χ3n) is 5.79. The molecule has 1 fully saturated rings.